The molecular formula is C10H20O3. The molecular weight excluding hydrogens is 168 g/mol. The fourth-order valence-corrected chi connectivity index (χ4v) is 1.82. The Labute approximate surface area is 80.4 Å². The molecule has 3 nitrogen and oxygen atoms in total. The van der Waals surface area contributed by atoms with E-state index in [1.54, 1.807) is 14.2 Å². The van der Waals surface area contributed by atoms with Gasteiger partial charge in [0.05, 0.1) is 18.3 Å². The lowest BCUT2D eigenvalue weighted by Gasteiger charge is -2.33. The van der Waals surface area contributed by atoms with Gasteiger partial charge in [0.1, 0.15) is 0 Å². The van der Waals surface area contributed by atoms with E-state index in [1.807, 2.05) is 0 Å². The SMILES string of the molecule is COCCC1CCC(OC)[C@H](C)O1. The lowest BCUT2D eigenvalue weighted by molar-refractivity contribution is -0.126. The van der Waals surface area contributed by atoms with Crippen LogP contribution in [0.4, 0.5) is 0 Å². The first-order valence-corrected chi connectivity index (χ1v) is 4.95. The Morgan fingerprint density at radius 1 is 1.31 bits per heavy atom. The van der Waals surface area contributed by atoms with E-state index in [-0.39, 0.29) is 12.2 Å². The predicted molar refractivity (Wildman–Crippen MR) is 50.9 cm³/mol. The summed E-state index contributed by atoms with van der Waals surface area (Å²) >= 11 is 0. The van der Waals surface area contributed by atoms with E-state index in [9.17, 15) is 0 Å². The maximum absolute atomic E-state index is 5.79. The van der Waals surface area contributed by atoms with E-state index in [4.69, 9.17) is 14.2 Å². The van der Waals surface area contributed by atoms with Gasteiger partial charge in [-0.2, -0.15) is 0 Å². The lowest BCUT2D eigenvalue weighted by atomic mass is 10.0. The summed E-state index contributed by atoms with van der Waals surface area (Å²) in [6.07, 6.45) is 4.05. The van der Waals surface area contributed by atoms with Crippen molar-refractivity contribution in [2.24, 2.45) is 0 Å². The van der Waals surface area contributed by atoms with Gasteiger partial charge in [-0.3, -0.25) is 0 Å². The summed E-state index contributed by atoms with van der Waals surface area (Å²) in [7, 11) is 3.48. The van der Waals surface area contributed by atoms with Crippen molar-refractivity contribution in [2.75, 3.05) is 20.8 Å². The third kappa shape index (κ3) is 3.25. The van der Waals surface area contributed by atoms with Gasteiger partial charge >= 0.3 is 0 Å². The van der Waals surface area contributed by atoms with Crippen LogP contribution in [0.15, 0.2) is 0 Å². The average molecular weight is 188 g/mol. The molecule has 1 aliphatic heterocycles. The van der Waals surface area contributed by atoms with Gasteiger partial charge in [-0.05, 0) is 26.2 Å². The molecule has 1 saturated heterocycles. The Bertz CT molecular complexity index is 138. The molecule has 0 spiro atoms. The smallest absolute Gasteiger partial charge is 0.0831 e. The van der Waals surface area contributed by atoms with Crippen LogP contribution in [-0.4, -0.2) is 39.1 Å². The fraction of sp³-hybridized carbons (Fsp3) is 1.00. The Hall–Kier alpha value is -0.120. The quantitative estimate of drug-likeness (QED) is 0.670. The minimum atomic E-state index is 0.223. The summed E-state index contributed by atoms with van der Waals surface area (Å²) in [4.78, 5) is 0. The number of rotatable bonds is 4. The van der Waals surface area contributed by atoms with Gasteiger partial charge in [0.15, 0.2) is 0 Å². The van der Waals surface area contributed by atoms with Crippen molar-refractivity contribution in [3.8, 4) is 0 Å². The van der Waals surface area contributed by atoms with Crippen molar-refractivity contribution in [1.82, 2.24) is 0 Å². The molecule has 2 unspecified atom stereocenters. The second kappa shape index (κ2) is 5.58. The zero-order valence-electron chi connectivity index (χ0n) is 8.79. The fourth-order valence-electron chi connectivity index (χ4n) is 1.82. The summed E-state index contributed by atoms with van der Waals surface area (Å²) in [5, 5.41) is 0. The zero-order chi connectivity index (χ0) is 9.68. The molecule has 0 radical (unpaired) electrons. The van der Waals surface area contributed by atoms with Crippen molar-refractivity contribution < 1.29 is 14.2 Å². The van der Waals surface area contributed by atoms with Gasteiger partial charge < -0.3 is 14.2 Å². The first-order chi connectivity index (χ1) is 6.27. The van der Waals surface area contributed by atoms with E-state index < -0.39 is 0 Å². The summed E-state index contributed by atoms with van der Waals surface area (Å²) in [5.41, 5.74) is 0. The molecule has 78 valence electrons. The van der Waals surface area contributed by atoms with Gasteiger partial charge in [-0.25, -0.2) is 0 Å². The molecule has 0 aromatic heterocycles. The Kier molecular flexibility index (Phi) is 4.70. The predicted octanol–water partition coefficient (Wildman–Crippen LogP) is 1.61. The molecule has 1 heterocycles. The minimum Gasteiger partial charge on any atom is -0.385 e. The maximum atomic E-state index is 5.79. The maximum Gasteiger partial charge on any atom is 0.0831 e. The van der Waals surface area contributed by atoms with Gasteiger partial charge in [0.2, 0.25) is 0 Å². The topological polar surface area (TPSA) is 27.7 Å². The van der Waals surface area contributed by atoms with Crippen LogP contribution in [0.5, 0.6) is 0 Å². The van der Waals surface area contributed by atoms with Crippen molar-refractivity contribution in [1.29, 1.82) is 0 Å². The van der Waals surface area contributed by atoms with Crippen molar-refractivity contribution in [3.05, 3.63) is 0 Å². The minimum absolute atomic E-state index is 0.223. The Morgan fingerprint density at radius 3 is 2.62 bits per heavy atom. The molecule has 1 fully saturated rings. The van der Waals surface area contributed by atoms with E-state index in [2.05, 4.69) is 6.92 Å². The third-order valence-corrected chi connectivity index (χ3v) is 2.65. The third-order valence-electron chi connectivity index (χ3n) is 2.65. The number of hydrogen-bond acceptors (Lipinski definition) is 3. The molecule has 0 aromatic rings. The molecule has 0 bridgehead atoms. The summed E-state index contributed by atoms with van der Waals surface area (Å²) in [6.45, 7) is 2.86. The first kappa shape index (κ1) is 11.0. The standard InChI is InChI=1S/C10H20O3/c1-8-10(12-3)5-4-9(13-8)6-7-11-2/h8-10H,4-7H2,1-3H3/t8-,9?,10?/m0/s1. The molecule has 0 saturated carbocycles. The van der Waals surface area contributed by atoms with E-state index >= 15 is 0 Å². The molecule has 0 aromatic carbocycles. The normalized spacial score (nSPS) is 34.8. The monoisotopic (exact) mass is 188 g/mol. The van der Waals surface area contributed by atoms with E-state index in [0.717, 1.165) is 25.9 Å². The van der Waals surface area contributed by atoms with Gasteiger partial charge in [0, 0.05) is 20.8 Å². The highest BCUT2D eigenvalue weighted by atomic mass is 16.5. The molecule has 13 heavy (non-hydrogen) atoms. The lowest BCUT2D eigenvalue weighted by Crippen LogP contribution is -2.38. The Balaban J connectivity index is 2.24. The molecule has 3 atom stereocenters. The van der Waals surface area contributed by atoms with Crippen LogP contribution < -0.4 is 0 Å². The summed E-state index contributed by atoms with van der Waals surface area (Å²) in [5.74, 6) is 0. The van der Waals surface area contributed by atoms with E-state index in [0.29, 0.717) is 6.10 Å². The van der Waals surface area contributed by atoms with Gasteiger partial charge in [0.25, 0.3) is 0 Å². The molecule has 1 rings (SSSR count). The molecule has 0 aliphatic carbocycles. The van der Waals surface area contributed by atoms with Crippen LogP contribution in [0.3, 0.4) is 0 Å². The van der Waals surface area contributed by atoms with Gasteiger partial charge in [-0.15, -0.1) is 0 Å². The Morgan fingerprint density at radius 2 is 2.08 bits per heavy atom. The summed E-state index contributed by atoms with van der Waals surface area (Å²) < 4.78 is 16.1. The number of hydrogen-bond donors (Lipinski definition) is 0. The van der Waals surface area contributed by atoms with Crippen molar-refractivity contribution >= 4 is 0 Å². The van der Waals surface area contributed by atoms with Gasteiger partial charge in [-0.1, -0.05) is 0 Å². The van der Waals surface area contributed by atoms with Crippen molar-refractivity contribution in [3.63, 3.8) is 0 Å². The average Bonchev–Trinajstić information content (AvgIpc) is 2.15. The summed E-state index contributed by atoms with van der Waals surface area (Å²) in [6, 6.07) is 0. The molecule has 0 amide bonds. The molecule has 1 aliphatic rings. The largest absolute Gasteiger partial charge is 0.385 e. The zero-order valence-corrected chi connectivity index (χ0v) is 8.79. The second-order valence-corrected chi connectivity index (χ2v) is 3.60. The first-order valence-electron chi connectivity index (χ1n) is 4.95. The van der Waals surface area contributed by atoms with Crippen LogP contribution in [0.1, 0.15) is 26.2 Å². The van der Waals surface area contributed by atoms with Crippen LogP contribution >= 0.6 is 0 Å². The highest BCUT2D eigenvalue weighted by Gasteiger charge is 2.27. The van der Waals surface area contributed by atoms with E-state index in [1.165, 1.54) is 0 Å². The highest BCUT2D eigenvalue weighted by Crippen LogP contribution is 2.23. The molecule has 0 N–H and O–H groups in total. The van der Waals surface area contributed by atoms with Crippen LogP contribution in [0.2, 0.25) is 0 Å². The van der Waals surface area contributed by atoms with Crippen LogP contribution in [-0.2, 0) is 14.2 Å². The number of methoxy groups -OCH3 is 2. The van der Waals surface area contributed by atoms with Crippen LogP contribution in [0, 0.1) is 0 Å². The highest BCUT2D eigenvalue weighted by molar-refractivity contribution is 4.76. The molecule has 3 heteroatoms. The van der Waals surface area contributed by atoms with Crippen LogP contribution in [0.25, 0.3) is 0 Å². The number of ether oxygens (including phenoxy) is 3. The second-order valence-electron chi connectivity index (χ2n) is 3.60. The van der Waals surface area contributed by atoms with Crippen molar-refractivity contribution in [2.45, 2.75) is 44.5 Å².